The Balaban J connectivity index is 1.68. The van der Waals surface area contributed by atoms with Crippen molar-refractivity contribution in [2.45, 2.75) is 39.3 Å². The number of hydrogen-bond donors (Lipinski definition) is 4. The molecule has 2 amide bonds. The highest BCUT2D eigenvalue weighted by molar-refractivity contribution is 7.87. The Hall–Kier alpha value is -3.28. The molecule has 0 fully saturated rings. The van der Waals surface area contributed by atoms with Gasteiger partial charge in [0, 0.05) is 17.6 Å². The van der Waals surface area contributed by atoms with Gasteiger partial charge in [0.15, 0.2) is 0 Å². The second-order valence-electron chi connectivity index (χ2n) is 8.53. The molecule has 3 aromatic rings. The van der Waals surface area contributed by atoms with Crippen LogP contribution in [0.2, 0.25) is 0 Å². The molecule has 1 aromatic heterocycles. The van der Waals surface area contributed by atoms with E-state index in [1.54, 1.807) is 41.1 Å². The summed E-state index contributed by atoms with van der Waals surface area (Å²) in [5, 5.41) is 15.0. The van der Waals surface area contributed by atoms with Crippen LogP contribution in [-0.4, -0.2) is 24.2 Å². The SMILES string of the molecule is CC(C)(C)c1cc(CNC(=O)Nc2ccc(CNS(N)(=O)=O)cc2)n(-c2cccc(F)c2)n1. The number of carbonyl (C=O) groups is 1. The summed E-state index contributed by atoms with van der Waals surface area (Å²) >= 11 is 0. The number of hydrogen-bond acceptors (Lipinski definition) is 4. The van der Waals surface area contributed by atoms with Gasteiger partial charge in [-0.15, -0.1) is 0 Å². The van der Waals surface area contributed by atoms with Gasteiger partial charge in [-0.05, 0) is 42.0 Å². The number of benzene rings is 2. The average molecular weight is 475 g/mol. The number of urea groups is 1. The Bertz CT molecular complexity index is 1230. The maximum Gasteiger partial charge on any atom is 0.319 e. The van der Waals surface area contributed by atoms with Crippen molar-refractivity contribution < 1.29 is 17.6 Å². The van der Waals surface area contributed by atoms with Crippen molar-refractivity contribution in [3.8, 4) is 5.69 Å². The van der Waals surface area contributed by atoms with Crippen LogP contribution in [-0.2, 0) is 28.7 Å². The van der Waals surface area contributed by atoms with Gasteiger partial charge in [0.05, 0.1) is 23.6 Å². The zero-order valence-corrected chi connectivity index (χ0v) is 19.4. The second kappa shape index (κ2) is 9.69. The van der Waals surface area contributed by atoms with E-state index in [1.807, 2.05) is 26.8 Å². The minimum atomic E-state index is -3.78. The van der Waals surface area contributed by atoms with Crippen molar-refractivity contribution in [3.63, 3.8) is 0 Å². The molecule has 0 aliphatic carbocycles. The minimum absolute atomic E-state index is 0.0471. The molecule has 0 aliphatic heterocycles. The lowest BCUT2D eigenvalue weighted by atomic mass is 9.92. The Labute approximate surface area is 192 Å². The first-order valence-corrected chi connectivity index (χ1v) is 11.7. The van der Waals surface area contributed by atoms with Crippen molar-refractivity contribution in [1.29, 1.82) is 0 Å². The van der Waals surface area contributed by atoms with Crippen LogP contribution in [0.5, 0.6) is 0 Å². The van der Waals surface area contributed by atoms with Crippen LogP contribution >= 0.6 is 0 Å². The molecule has 0 unspecified atom stereocenters. The zero-order valence-electron chi connectivity index (χ0n) is 18.6. The number of carbonyl (C=O) groups excluding carboxylic acids is 1. The van der Waals surface area contributed by atoms with Crippen molar-refractivity contribution >= 4 is 21.9 Å². The molecule has 33 heavy (non-hydrogen) atoms. The Kier molecular flexibility index (Phi) is 7.15. The first-order valence-electron chi connectivity index (χ1n) is 10.2. The predicted octanol–water partition coefficient (Wildman–Crippen LogP) is 2.92. The molecule has 1 heterocycles. The lowest BCUT2D eigenvalue weighted by Crippen LogP contribution is -2.30. The van der Waals surface area contributed by atoms with Crippen molar-refractivity contribution in [2.24, 2.45) is 5.14 Å². The van der Waals surface area contributed by atoms with Gasteiger partial charge in [-0.3, -0.25) is 0 Å². The summed E-state index contributed by atoms with van der Waals surface area (Å²) < 4.78 is 39.5. The fourth-order valence-electron chi connectivity index (χ4n) is 2.98. The molecular weight excluding hydrogens is 447 g/mol. The molecule has 0 spiro atoms. The zero-order chi connectivity index (χ0) is 24.2. The van der Waals surface area contributed by atoms with Crippen molar-refractivity contribution in [1.82, 2.24) is 19.8 Å². The van der Waals surface area contributed by atoms with E-state index in [1.165, 1.54) is 12.1 Å². The number of aromatic nitrogens is 2. The van der Waals surface area contributed by atoms with E-state index in [0.29, 0.717) is 22.6 Å². The van der Waals surface area contributed by atoms with Crippen molar-refractivity contribution in [3.05, 3.63) is 77.4 Å². The van der Waals surface area contributed by atoms with E-state index >= 15 is 0 Å². The molecule has 0 radical (unpaired) electrons. The highest BCUT2D eigenvalue weighted by Gasteiger charge is 2.21. The number of nitrogens with zero attached hydrogens (tertiary/aromatic N) is 2. The summed E-state index contributed by atoms with van der Waals surface area (Å²) in [4.78, 5) is 12.4. The Morgan fingerprint density at radius 2 is 1.79 bits per heavy atom. The summed E-state index contributed by atoms with van der Waals surface area (Å²) in [6.45, 7) is 6.29. The number of anilines is 1. The highest BCUT2D eigenvalue weighted by atomic mass is 32.2. The summed E-state index contributed by atoms with van der Waals surface area (Å²) in [5.41, 5.74) is 3.06. The first kappa shape index (κ1) is 24.4. The third kappa shape index (κ3) is 7.11. The van der Waals surface area contributed by atoms with Crippen LogP contribution < -0.4 is 20.5 Å². The van der Waals surface area contributed by atoms with E-state index < -0.39 is 16.2 Å². The van der Waals surface area contributed by atoms with E-state index in [-0.39, 0.29) is 24.3 Å². The monoisotopic (exact) mass is 474 g/mol. The quantitative estimate of drug-likeness (QED) is 0.419. The fraction of sp³-hybridized carbons (Fsp3) is 0.273. The van der Waals surface area contributed by atoms with Gasteiger partial charge in [-0.2, -0.15) is 18.2 Å². The third-order valence-corrected chi connectivity index (χ3v) is 5.27. The van der Waals surface area contributed by atoms with Gasteiger partial charge in [-0.25, -0.2) is 19.0 Å². The number of nitrogens with one attached hydrogen (secondary N) is 3. The molecule has 0 saturated heterocycles. The van der Waals surface area contributed by atoms with Crippen LogP contribution in [0.25, 0.3) is 5.69 Å². The Morgan fingerprint density at radius 3 is 2.39 bits per heavy atom. The topological polar surface area (TPSA) is 131 Å². The molecule has 2 aromatic carbocycles. The summed E-state index contributed by atoms with van der Waals surface area (Å²) in [6, 6.07) is 14.2. The molecule has 5 N–H and O–H groups in total. The maximum absolute atomic E-state index is 13.8. The minimum Gasteiger partial charge on any atom is -0.332 e. The lowest BCUT2D eigenvalue weighted by molar-refractivity contribution is 0.251. The number of rotatable bonds is 7. The molecule has 0 saturated carbocycles. The smallest absolute Gasteiger partial charge is 0.319 e. The van der Waals surface area contributed by atoms with Gasteiger partial charge in [0.1, 0.15) is 5.82 Å². The largest absolute Gasteiger partial charge is 0.332 e. The normalized spacial score (nSPS) is 11.9. The lowest BCUT2D eigenvalue weighted by Gasteiger charge is -2.14. The Morgan fingerprint density at radius 1 is 1.09 bits per heavy atom. The van der Waals surface area contributed by atoms with Crippen LogP contribution in [0.4, 0.5) is 14.9 Å². The van der Waals surface area contributed by atoms with Gasteiger partial charge < -0.3 is 10.6 Å². The van der Waals surface area contributed by atoms with Crippen LogP contribution in [0, 0.1) is 5.82 Å². The van der Waals surface area contributed by atoms with Crippen LogP contribution in [0.1, 0.15) is 37.7 Å². The molecular formula is C22H27FN6O3S. The van der Waals surface area contributed by atoms with Crippen LogP contribution in [0.3, 0.4) is 0 Å². The van der Waals surface area contributed by atoms with Gasteiger partial charge in [0.25, 0.3) is 10.2 Å². The van der Waals surface area contributed by atoms with E-state index in [4.69, 9.17) is 5.14 Å². The molecule has 3 rings (SSSR count). The summed E-state index contributed by atoms with van der Waals surface area (Å²) in [5.74, 6) is -0.375. The predicted molar refractivity (Wildman–Crippen MR) is 124 cm³/mol. The fourth-order valence-corrected chi connectivity index (χ4v) is 3.35. The molecule has 0 atom stereocenters. The summed E-state index contributed by atoms with van der Waals surface area (Å²) in [6.07, 6.45) is 0. The van der Waals surface area contributed by atoms with Gasteiger partial charge in [0.2, 0.25) is 0 Å². The summed E-state index contributed by atoms with van der Waals surface area (Å²) in [7, 11) is -3.78. The highest BCUT2D eigenvalue weighted by Crippen LogP contribution is 2.24. The molecule has 11 heteroatoms. The number of halogens is 1. The number of amides is 2. The van der Waals surface area contributed by atoms with E-state index in [2.05, 4.69) is 20.5 Å². The van der Waals surface area contributed by atoms with Crippen molar-refractivity contribution in [2.75, 3.05) is 5.32 Å². The number of nitrogens with two attached hydrogens (primary N) is 1. The molecule has 176 valence electrons. The van der Waals surface area contributed by atoms with Gasteiger partial charge in [-0.1, -0.05) is 39.0 Å². The second-order valence-corrected chi connectivity index (χ2v) is 9.91. The third-order valence-electron chi connectivity index (χ3n) is 4.72. The van der Waals surface area contributed by atoms with E-state index in [9.17, 15) is 17.6 Å². The first-order chi connectivity index (χ1) is 15.4. The molecule has 0 bridgehead atoms. The maximum atomic E-state index is 13.8. The van der Waals surface area contributed by atoms with Crippen LogP contribution in [0.15, 0.2) is 54.6 Å². The average Bonchev–Trinajstić information content (AvgIpc) is 3.16. The van der Waals surface area contributed by atoms with Gasteiger partial charge >= 0.3 is 6.03 Å². The molecule has 0 aliphatic rings. The molecule has 9 nitrogen and oxygen atoms in total. The van der Waals surface area contributed by atoms with E-state index in [0.717, 1.165) is 5.69 Å². The standard InChI is InChI=1S/C22H27FN6O3S/c1-22(2,3)20-12-19(29(28-20)18-6-4-5-16(23)11-18)14-25-21(30)27-17-9-7-15(8-10-17)13-26-33(24,31)32/h4-12,26H,13-14H2,1-3H3,(H2,24,31,32)(H2,25,27,30).